The van der Waals surface area contributed by atoms with Crippen molar-refractivity contribution in [3.63, 3.8) is 0 Å². The number of methoxy groups -OCH3 is 1. The monoisotopic (exact) mass is 494 g/mol. The molecule has 26 heavy (non-hydrogen) atoms. The minimum absolute atomic E-state index is 0. The first-order chi connectivity index (χ1) is 11.9. The zero-order chi connectivity index (χ0) is 18.3. The minimum atomic E-state index is 0. The highest BCUT2D eigenvalue weighted by Crippen LogP contribution is 2.43. The Morgan fingerprint density at radius 1 is 1.35 bits per heavy atom. The number of nitrogens with zero attached hydrogens (tertiary/aromatic N) is 2. The van der Waals surface area contributed by atoms with Crippen LogP contribution in [0, 0.1) is 5.41 Å². The summed E-state index contributed by atoms with van der Waals surface area (Å²) in [7, 11) is 1.78. The molecule has 1 aromatic heterocycles. The standard InChI is InChI=1S/C19H34N4OS.HI/c1-6-20-17(22-14-19(8-7-9-19)10-11-24-5)21-12-15-13-25-16(23-15)18(2,3)4;/h13H,6-12,14H2,1-5H3,(H2,20,21,22);1H. The van der Waals surface area contributed by atoms with Crippen molar-refractivity contribution in [2.75, 3.05) is 26.8 Å². The average Bonchev–Trinajstić information content (AvgIpc) is 3.00. The Hall–Kier alpha value is -0.410. The van der Waals surface area contributed by atoms with Crippen molar-refractivity contribution < 1.29 is 4.74 Å². The van der Waals surface area contributed by atoms with Crippen LogP contribution >= 0.6 is 35.3 Å². The van der Waals surface area contributed by atoms with Crippen LogP contribution < -0.4 is 10.6 Å². The second kappa shape index (κ2) is 10.8. The summed E-state index contributed by atoms with van der Waals surface area (Å²) in [5.74, 6) is 0.886. The van der Waals surface area contributed by atoms with Gasteiger partial charge in [-0.05, 0) is 31.6 Å². The highest BCUT2D eigenvalue weighted by Gasteiger charge is 2.36. The highest BCUT2D eigenvalue weighted by molar-refractivity contribution is 14.0. The quantitative estimate of drug-likeness (QED) is 0.321. The van der Waals surface area contributed by atoms with Crippen LogP contribution in [0.15, 0.2) is 10.4 Å². The molecule has 1 heterocycles. The van der Waals surface area contributed by atoms with Gasteiger partial charge in [0.2, 0.25) is 0 Å². The van der Waals surface area contributed by atoms with Crippen molar-refractivity contribution in [3.8, 4) is 0 Å². The van der Waals surface area contributed by atoms with Gasteiger partial charge in [-0.1, -0.05) is 27.2 Å². The number of halogens is 1. The van der Waals surface area contributed by atoms with Gasteiger partial charge >= 0.3 is 0 Å². The third-order valence-electron chi connectivity index (χ3n) is 4.82. The van der Waals surface area contributed by atoms with Crippen molar-refractivity contribution in [2.45, 2.75) is 65.3 Å². The molecule has 1 aliphatic rings. The Morgan fingerprint density at radius 2 is 2.08 bits per heavy atom. The minimum Gasteiger partial charge on any atom is -0.385 e. The van der Waals surface area contributed by atoms with E-state index in [0.29, 0.717) is 12.0 Å². The molecule has 1 fully saturated rings. The molecule has 0 radical (unpaired) electrons. The highest BCUT2D eigenvalue weighted by atomic mass is 127. The van der Waals surface area contributed by atoms with Crippen LogP contribution in [0.25, 0.3) is 0 Å². The summed E-state index contributed by atoms with van der Waals surface area (Å²) < 4.78 is 5.28. The van der Waals surface area contributed by atoms with Crippen LogP contribution in [-0.2, 0) is 16.7 Å². The summed E-state index contributed by atoms with van der Waals surface area (Å²) in [6.07, 6.45) is 5.01. The summed E-state index contributed by atoms with van der Waals surface area (Å²) in [5.41, 5.74) is 1.53. The maximum atomic E-state index is 5.28. The van der Waals surface area contributed by atoms with Crippen molar-refractivity contribution in [1.82, 2.24) is 15.6 Å². The maximum absolute atomic E-state index is 5.28. The fourth-order valence-electron chi connectivity index (χ4n) is 3.01. The number of hydrogen-bond acceptors (Lipinski definition) is 4. The summed E-state index contributed by atoms with van der Waals surface area (Å²) in [4.78, 5) is 9.46. The van der Waals surface area contributed by atoms with E-state index in [1.54, 1.807) is 18.4 Å². The van der Waals surface area contributed by atoms with Crippen molar-refractivity contribution >= 4 is 41.3 Å². The first-order valence-corrected chi connectivity index (χ1v) is 10.2. The number of ether oxygens (including phenoxy) is 1. The molecule has 0 aromatic carbocycles. The molecule has 5 nitrogen and oxygen atoms in total. The third-order valence-corrected chi connectivity index (χ3v) is 6.14. The van der Waals surface area contributed by atoms with Gasteiger partial charge in [-0.25, -0.2) is 9.98 Å². The van der Waals surface area contributed by atoms with Gasteiger partial charge in [0.15, 0.2) is 5.96 Å². The van der Waals surface area contributed by atoms with Crippen molar-refractivity contribution in [3.05, 3.63) is 16.1 Å². The zero-order valence-electron chi connectivity index (χ0n) is 16.9. The molecule has 0 atom stereocenters. The first kappa shape index (κ1) is 23.6. The van der Waals surface area contributed by atoms with E-state index in [-0.39, 0.29) is 29.4 Å². The number of aliphatic imine (C=N–C) groups is 1. The smallest absolute Gasteiger partial charge is 0.191 e. The van der Waals surface area contributed by atoms with Crippen LogP contribution in [0.1, 0.15) is 64.1 Å². The Morgan fingerprint density at radius 3 is 2.58 bits per heavy atom. The molecule has 1 saturated carbocycles. The molecule has 7 heteroatoms. The van der Waals surface area contributed by atoms with Gasteiger partial charge in [0.05, 0.1) is 17.2 Å². The number of guanidine groups is 1. The average molecular weight is 494 g/mol. The predicted octanol–water partition coefficient (Wildman–Crippen LogP) is 4.32. The van der Waals surface area contributed by atoms with Gasteiger partial charge in [0.25, 0.3) is 0 Å². The van der Waals surface area contributed by atoms with Crippen molar-refractivity contribution in [1.29, 1.82) is 0 Å². The normalized spacial score (nSPS) is 16.6. The van der Waals surface area contributed by atoms with E-state index in [0.717, 1.165) is 37.8 Å². The van der Waals surface area contributed by atoms with Crippen LogP contribution in [0.5, 0.6) is 0 Å². The summed E-state index contributed by atoms with van der Waals surface area (Å²) in [6, 6.07) is 0. The fourth-order valence-corrected chi connectivity index (χ4v) is 3.91. The van der Waals surface area contributed by atoms with Crippen molar-refractivity contribution in [2.24, 2.45) is 10.4 Å². The summed E-state index contributed by atoms with van der Waals surface area (Å²) >= 11 is 1.73. The first-order valence-electron chi connectivity index (χ1n) is 9.34. The molecule has 0 aliphatic heterocycles. The van der Waals surface area contributed by atoms with E-state index in [2.05, 4.69) is 43.7 Å². The molecule has 0 unspecified atom stereocenters. The molecule has 0 amide bonds. The molecule has 1 aliphatic carbocycles. The van der Waals surface area contributed by atoms with Gasteiger partial charge in [-0.3, -0.25) is 0 Å². The Labute approximate surface area is 179 Å². The van der Waals surface area contributed by atoms with Gasteiger partial charge in [-0.15, -0.1) is 35.3 Å². The molecular weight excluding hydrogens is 459 g/mol. The summed E-state index contributed by atoms with van der Waals surface area (Å²) in [6.45, 7) is 12.0. The topological polar surface area (TPSA) is 58.5 Å². The largest absolute Gasteiger partial charge is 0.385 e. The van der Waals surface area contributed by atoms with Crippen LogP contribution in [-0.4, -0.2) is 37.7 Å². The lowest BCUT2D eigenvalue weighted by Crippen LogP contribution is -2.47. The summed E-state index contributed by atoms with van der Waals surface area (Å²) in [5, 5.41) is 10.2. The number of hydrogen-bond donors (Lipinski definition) is 2. The SMILES string of the molecule is CCNC(=NCc1csc(C(C)(C)C)n1)NCC1(CCOC)CCC1.I. The van der Waals surface area contributed by atoms with Gasteiger partial charge in [0.1, 0.15) is 0 Å². The zero-order valence-corrected chi connectivity index (χ0v) is 20.0. The number of nitrogens with one attached hydrogen (secondary N) is 2. The second-order valence-electron chi connectivity index (χ2n) is 8.04. The van der Waals surface area contributed by atoms with Crippen LogP contribution in [0.2, 0.25) is 0 Å². The Kier molecular flexibility index (Phi) is 9.82. The van der Waals surface area contributed by atoms with Gasteiger partial charge in [-0.2, -0.15) is 0 Å². The second-order valence-corrected chi connectivity index (χ2v) is 8.90. The van der Waals surface area contributed by atoms with E-state index in [9.17, 15) is 0 Å². The Balaban J connectivity index is 0.00000338. The molecule has 2 rings (SSSR count). The number of aromatic nitrogens is 1. The lowest BCUT2D eigenvalue weighted by atomic mass is 9.67. The third kappa shape index (κ3) is 6.96. The molecule has 150 valence electrons. The fraction of sp³-hybridized carbons (Fsp3) is 0.789. The molecule has 2 N–H and O–H groups in total. The van der Waals surface area contributed by atoms with E-state index >= 15 is 0 Å². The Bertz CT molecular complexity index is 564. The van der Waals surface area contributed by atoms with E-state index in [1.807, 2.05) is 0 Å². The maximum Gasteiger partial charge on any atom is 0.191 e. The molecule has 0 bridgehead atoms. The predicted molar refractivity (Wildman–Crippen MR) is 122 cm³/mol. The lowest BCUT2D eigenvalue weighted by Gasteiger charge is -2.42. The molecular formula is C19H35IN4OS. The molecule has 0 spiro atoms. The lowest BCUT2D eigenvalue weighted by molar-refractivity contribution is 0.0732. The molecule has 1 aromatic rings. The number of rotatable bonds is 8. The van der Waals surface area contributed by atoms with E-state index in [4.69, 9.17) is 14.7 Å². The van der Waals surface area contributed by atoms with Gasteiger partial charge in [0, 0.05) is 37.6 Å². The van der Waals surface area contributed by atoms with Crippen LogP contribution in [0.3, 0.4) is 0 Å². The van der Waals surface area contributed by atoms with Gasteiger partial charge < -0.3 is 15.4 Å². The molecule has 0 saturated heterocycles. The van der Waals surface area contributed by atoms with Crippen LogP contribution in [0.4, 0.5) is 0 Å². The van der Waals surface area contributed by atoms with E-state index < -0.39 is 0 Å². The van der Waals surface area contributed by atoms with E-state index in [1.165, 1.54) is 24.3 Å². The number of thiazole rings is 1.